The molecule has 0 fully saturated rings. The molecule has 1 aromatic rings. The Bertz CT molecular complexity index is 434. The van der Waals surface area contributed by atoms with Crippen molar-refractivity contribution in [3.05, 3.63) is 23.8 Å². The van der Waals surface area contributed by atoms with Crippen LogP contribution < -0.4 is 10.1 Å². The second-order valence-electron chi connectivity index (χ2n) is 4.52. The van der Waals surface area contributed by atoms with Crippen LogP contribution in [0.4, 0.5) is 0 Å². The third kappa shape index (κ3) is 5.09. The number of aromatic hydroxyl groups is 1. The molecule has 5 heteroatoms. The molecule has 112 valence electrons. The predicted molar refractivity (Wildman–Crippen MR) is 76.9 cm³/mol. The molecule has 0 heterocycles. The maximum absolute atomic E-state index is 11.2. The van der Waals surface area contributed by atoms with Gasteiger partial charge in [0.25, 0.3) is 0 Å². The van der Waals surface area contributed by atoms with E-state index in [1.165, 1.54) is 7.11 Å². The summed E-state index contributed by atoms with van der Waals surface area (Å²) in [6.07, 6.45) is 1.16. The van der Waals surface area contributed by atoms with Crippen molar-refractivity contribution in [1.82, 2.24) is 5.32 Å². The number of methoxy groups -OCH3 is 1. The van der Waals surface area contributed by atoms with E-state index >= 15 is 0 Å². The van der Waals surface area contributed by atoms with Crippen LogP contribution in [0.15, 0.2) is 18.2 Å². The number of phenols is 1. The van der Waals surface area contributed by atoms with Gasteiger partial charge in [-0.3, -0.25) is 4.79 Å². The van der Waals surface area contributed by atoms with Gasteiger partial charge in [0.1, 0.15) is 0 Å². The zero-order chi connectivity index (χ0) is 15.0. The first-order chi connectivity index (χ1) is 9.58. The fourth-order valence-corrected chi connectivity index (χ4v) is 1.87. The number of hydrogen-bond donors (Lipinski definition) is 2. The molecule has 2 N–H and O–H groups in total. The molecule has 0 aliphatic heterocycles. The highest BCUT2D eigenvalue weighted by Crippen LogP contribution is 2.28. The maximum atomic E-state index is 11.2. The fourth-order valence-electron chi connectivity index (χ4n) is 1.87. The molecule has 20 heavy (non-hydrogen) atoms. The Morgan fingerprint density at radius 2 is 2.20 bits per heavy atom. The van der Waals surface area contributed by atoms with Gasteiger partial charge in [-0.05, 0) is 44.5 Å². The Hall–Kier alpha value is -1.75. The average Bonchev–Trinajstić information content (AvgIpc) is 2.44. The van der Waals surface area contributed by atoms with Crippen LogP contribution in [0.5, 0.6) is 11.5 Å². The van der Waals surface area contributed by atoms with Crippen molar-refractivity contribution in [2.24, 2.45) is 0 Å². The van der Waals surface area contributed by atoms with Crippen LogP contribution in [0.25, 0.3) is 0 Å². The smallest absolute Gasteiger partial charge is 0.305 e. The normalized spacial score (nSPS) is 11.9. The quantitative estimate of drug-likeness (QED) is 0.565. The van der Waals surface area contributed by atoms with Gasteiger partial charge < -0.3 is 19.9 Å². The summed E-state index contributed by atoms with van der Waals surface area (Å²) in [5.41, 5.74) is 1.02. The minimum atomic E-state index is -0.159. The van der Waals surface area contributed by atoms with Crippen LogP contribution in [0.3, 0.4) is 0 Å². The molecule has 0 bridgehead atoms. The molecule has 0 aliphatic rings. The molecular formula is C15H23NO4. The van der Waals surface area contributed by atoms with Crippen LogP contribution in [0.1, 0.15) is 38.3 Å². The first-order valence-corrected chi connectivity index (χ1v) is 6.84. The highest BCUT2D eigenvalue weighted by Gasteiger charge is 2.09. The average molecular weight is 281 g/mol. The minimum absolute atomic E-state index is 0.117. The van der Waals surface area contributed by atoms with Gasteiger partial charge in [-0.1, -0.05) is 6.07 Å². The molecule has 0 aliphatic carbocycles. The Labute approximate surface area is 119 Å². The molecular weight excluding hydrogens is 258 g/mol. The topological polar surface area (TPSA) is 67.8 Å². The monoisotopic (exact) mass is 281 g/mol. The number of nitrogens with one attached hydrogen (secondary N) is 1. The molecule has 0 spiro atoms. The van der Waals surface area contributed by atoms with Crippen LogP contribution in [-0.4, -0.2) is 31.3 Å². The lowest BCUT2D eigenvalue weighted by atomic mass is 10.1. The number of carbonyl (C=O) groups excluding carboxylic acids is 1. The van der Waals surface area contributed by atoms with Gasteiger partial charge in [0.05, 0.1) is 13.7 Å². The zero-order valence-corrected chi connectivity index (χ0v) is 12.3. The second kappa shape index (κ2) is 8.43. The molecule has 1 aromatic carbocycles. The highest BCUT2D eigenvalue weighted by molar-refractivity contribution is 5.69. The third-order valence-electron chi connectivity index (χ3n) is 3.02. The van der Waals surface area contributed by atoms with Crippen LogP contribution in [0.2, 0.25) is 0 Å². The molecule has 0 saturated heterocycles. The van der Waals surface area contributed by atoms with Crippen molar-refractivity contribution >= 4 is 5.97 Å². The van der Waals surface area contributed by atoms with Crippen molar-refractivity contribution in [2.75, 3.05) is 20.3 Å². The fraction of sp³-hybridized carbons (Fsp3) is 0.533. The Kier molecular flexibility index (Phi) is 6.87. The lowest BCUT2D eigenvalue weighted by molar-refractivity contribution is -0.143. The predicted octanol–water partition coefficient (Wildman–Crippen LogP) is 2.39. The van der Waals surface area contributed by atoms with Crippen molar-refractivity contribution in [3.8, 4) is 11.5 Å². The van der Waals surface area contributed by atoms with Gasteiger partial charge >= 0.3 is 5.97 Å². The Morgan fingerprint density at radius 3 is 2.85 bits per heavy atom. The summed E-state index contributed by atoms with van der Waals surface area (Å²) in [4.78, 5) is 11.2. The largest absolute Gasteiger partial charge is 0.504 e. The molecule has 1 unspecified atom stereocenters. The van der Waals surface area contributed by atoms with Crippen molar-refractivity contribution in [2.45, 2.75) is 32.7 Å². The third-order valence-corrected chi connectivity index (χ3v) is 3.02. The van der Waals surface area contributed by atoms with E-state index in [9.17, 15) is 9.90 Å². The SMILES string of the molecule is CCOC(=O)CCCNC(C)c1ccc(O)c(OC)c1. The Morgan fingerprint density at radius 1 is 1.45 bits per heavy atom. The van der Waals surface area contributed by atoms with Crippen LogP contribution in [0, 0.1) is 0 Å². The van der Waals surface area contributed by atoms with Gasteiger partial charge in [0.2, 0.25) is 0 Å². The highest BCUT2D eigenvalue weighted by atomic mass is 16.5. The molecule has 1 rings (SSSR count). The van der Waals surface area contributed by atoms with E-state index in [2.05, 4.69) is 5.32 Å². The molecule has 1 atom stereocenters. The van der Waals surface area contributed by atoms with Crippen molar-refractivity contribution in [1.29, 1.82) is 0 Å². The van der Waals surface area contributed by atoms with E-state index in [0.717, 1.165) is 18.5 Å². The van der Waals surface area contributed by atoms with E-state index in [4.69, 9.17) is 9.47 Å². The Balaban J connectivity index is 2.39. The number of carbonyl (C=O) groups is 1. The van der Waals surface area contributed by atoms with Gasteiger partial charge in [-0.2, -0.15) is 0 Å². The van der Waals surface area contributed by atoms with E-state index in [1.807, 2.05) is 13.0 Å². The maximum Gasteiger partial charge on any atom is 0.305 e. The summed E-state index contributed by atoms with van der Waals surface area (Å²) in [6, 6.07) is 5.39. The number of esters is 1. The van der Waals surface area contributed by atoms with E-state index < -0.39 is 0 Å². The minimum Gasteiger partial charge on any atom is -0.504 e. The number of hydrogen-bond acceptors (Lipinski definition) is 5. The lowest BCUT2D eigenvalue weighted by Crippen LogP contribution is -2.20. The van der Waals surface area contributed by atoms with Crippen LogP contribution >= 0.6 is 0 Å². The first-order valence-electron chi connectivity index (χ1n) is 6.84. The lowest BCUT2D eigenvalue weighted by Gasteiger charge is -2.15. The standard InChI is InChI=1S/C15H23NO4/c1-4-20-15(18)6-5-9-16-11(2)12-7-8-13(17)14(10-12)19-3/h7-8,10-11,16-17H,4-6,9H2,1-3H3. The molecule has 0 amide bonds. The van der Waals surface area contributed by atoms with E-state index in [1.54, 1.807) is 19.1 Å². The van der Waals surface area contributed by atoms with E-state index in [0.29, 0.717) is 18.8 Å². The second-order valence-corrected chi connectivity index (χ2v) is 4.52. The summed E-state index contributed by atoms with van der Waals surface area (Å²) in [6.45, 7) is 4.98. The van der Waals surface area contributed by atoms with Gasteiger partial charge in [0.15, 0.2) is 11.5 Å². The van der Waals surface area contributed by atoms with Crippen molar-refractivity contribution < 1.29 is 19.4 Å². The summed E-state index contributed by atoms with van der Waals surface area (Å²) in [7, 11) is 1.52. The molecule has 0 aromatic heterocycles. The summed E-state index contributed by atoms with van der Waals surface area (Å²) in [5.74, 6) is 0.432. The number of phenolic OH excluding ortho intramolecular Hbond substituents is 1. The van der Waals surface area contributed by atoms with E-state index in [-0.39, 0.29) is 17.8 Å². The number of ether oxygens (including phenoxy) is 2. The van der Waals surface area contributed by atoms with Gasteiger partial charge in [0, 0.05) is 12.5 Å². The van der Waals surface area contributed by atoms with Gasteiger partial charge in [-0.15, -0.1) is 0 Å². The number of rotatable bonds is 8. The van der Waals surface area contributed by atoms with Crippen LogP contribution in [-0.2, 0) is 9.53 Å². The van der Waals surface area contributed by atoms with Crippen molar-refractivity contribution in [3.63, 3.8) is 0 Å². The molecule has 5 nitrogen and oxygen atoms in total. The summed E-state index contributed by atoms with van der Waals surface area (Å²) in [5, 5.41) is 12.9. The van der Waals surface area contributed by atoms with Gasteiger partial charge in [-0.25, -0.2) is 0 Å². The number of benzene rings is 1. The summed E-state index contributed by atoms with van der Waals surface area (Å²) >= 11 is 0. The summed E-state index contributed by atoms with van der Waals surface area (Å²) < 4.78 is 9.95. The molecule has 0 saturated carbocycles. The molecule has 0 radical (unpaired) electrons. The first kappa shape index (κ1) is 16.3. The zero-order valence-electron chi connectivity index (χ0n) is 12.3.